The molecule has 2 nitrogen and oxygen atoms in total. The molecular weight excluding hydrogens is 123 g/mol. The molecule has 1 rings (SSSR count). The minimum Gasteiger partial charge on any atom is -0.481 e. The molecule has 1 saturated heterocycles. The van der Waals surface area contributed by atoms with Crippen molar-refractivity contribution in [1.82, 2.24) is 0 Å². The van der Waals surface area contributed by atoms with Gasteiger partial charge in [-0.2, -0.15) is 0 Å². The summed E-state index contributed by atoms with van der Waals surface area (Å²) in [6.07, 6.45) is 3.17. The van der Waals surface area contributed by atoms with Crippen molar-refractivity contribution in [1.29, 1.82) is 0 Å². The van der Waals surface area contributed by atoms with E-state index in [4.69, 9.17) is 5.11 Å². The Balaban J connectivity index is 2.35. The van der Waals surface area contributed by atoms with Crippen LogP contribution in [0.15, 0.2) is 0 Å². The predicted octanol–water partition coefficient (Wildman–Crippen LogP) is 0.912. The molecule has 0 saturated carbocycles. The van der Waals surface area contributed by atoms with E-state index in [-0.39, 0.29) is 5.66 Å². The Morgan fingerprint density at radius 2 is 2.50 bits per heavy atom. The lowest BCUT2D eigenvalue weighted by Crippen LogP contribution is -2.10. The molecule has 0 aromatic carbocycles. The molecule has 1 fully saturated rings. The van der Waals surface area contributed by atoms with E-state index in [0.717, 1.165) is 19.0 Å². The maximum absolute atomic E-state index is 10.2. The van der Waals surface area contributed by atoms with Crippen molar-refractivity contribution in [3.8, 4) is 0 Å². The van der Waals surface area contributed by atoms with E-state index in [1.54, 1.807) is 0 Å². The Morgan fingerprint density at radius 3 is 2.75 bits per heavy atom. The zero-order valence-corrected chi connectivity index (χ0v) is 5.55. The second-order valence-electron chi connectivity index (χ2n) is 1.99. The van der Waals surface area contributed by atoms with Crippen LogP contribution in [0.4, 0.5) is 0 Å². The van der Waals surface area contributed by atoms with Gasteiger partial charge in [-0.15, -0.1) is 8.58 Å². The molecule has 2 atom stereocenters. The molecule has 8 heavy (non-hydrogen) atoms. The first kappa shape index (κ1) is 6.03. The lowest BCUT2D eigenvalue weighted by Gasteiger charge is -1.97. The molecule has 1 N–H and O–H groups in total. The van der Waals surface area contributed by atoms with Crippen LogP contribution in [0.5, 0.6) is 0 Å². The number of aliphatic carboxylic acids is 1. The van der Waals surface area contributed by atoms with Gasteiger partial charge in [0.2, 0.25) is 0 Å². The van der Waals surface area contributed by atoms with Gasteiger partial charge in [-0.25, -0.2) is 0 Å². The highest BCUT2D eigenvalue weighted by Crippen LogP contribution is 2.32. The lowest BCUT2D eigenvalue weighted by atomic mass is 10.3. The molecule has 0 amide bonds. The minimum absolute atomic E-state index is 0.00926. The number of carbonyl (C=O) groups is 1. The van der Waals surface area contributed by atoms with Gasteiger partial charge in [-0.1, -0.05) is 0 Å². The van der Waals surface area contributed by atoms with Crippen LogP contribution in [0.2, 0.25) is 0 Å². The van der Waals surface area contributed by atoms with Crippen LogP contribution in [0.1, 0.15) is 12.8 Å². The van der Waals surface area contributed by atoms with Crippen molar-refractivity contribution in [3.05, 3.63) is 0 Å². The quantitative estimate of drug-likeness (QED) is 0.538. The molecule has 0 aromatic rings. The normalized spacial score (nSPS) is 31.2. The highest BCUT2D eigenvalue weighted by Gasteiger charge is 2.20. The maximum atomic E-state index is 10.2. The molecule has 0 spiro atoms. The van der Waals surface area contributed by atoms with E-state index in [2.05, 4.69) is 0 Å². The van der Waals surface area contributed by atoms with E-state index in [0.29, 0.717) is 8.58 Å². The van der Waals surface area contributed by atoms with Crippen LogP contribution in [0, 0.1) is 0 Å². The van der Waals surface area contributed by atoms with Gasteiger partial charge in [0.15, 0.2) is 0 Å². The topological polar surface area (TPSA) is 37.3 Å². The summed E-state index contributed by atoms with van der Waals surface area (Å²) in [5, 5.41) is 8.42. The number of rotatable bonds is 1. The third kappa shape index (κ3) is 1.19. The SMILES string of the molecule is O=C(O)[C@@H]1CCCP1. The van der Waals surface area contributed by atoms with Crippen LogP contribution in [-0.4, -0.2) is 22.9 Å². The first-order valence-electron chi connectivity index (χ1n) is 2.77. The molecule has 0 aliphatic carbocycles. The van der Waals surface area contributed by atoms with Gasteiger partial charge >= 0.3 is 5.97 Å². The molecule has 46 valence electrons. The smallest absolute Gasteiger partial charge is 0.310 e. The second-order valence-corrected chi connectivity index (χ2v) is 3.59. The average molecular weight is 132 g/mol. The first-order chi connectivity index (χ1) is 3.80. The average Bonchev–Trinajstić information content (AvgIpc) is 2.12. The van der Waals surface area contributed by atoms with Crippen molar-refractivity contribution in [3.63, 3.8) is 0 Å². The molecule has 1 aliphatic rings. The Bertz CT molecular complexity index is 96.6. The van der Waals surface area contributed by atoms with Crippen LogP contribution >= 0.6 is 8.58 Å². The third-order valence-corrected chi connectivity index (χ3v) is 3.03. The van der Waals surface area contributed by atoms with E-state index >= 15 is 0 Å². The van der Waals surface area contributed by atoms with Crippen molar-refractivity contribution in [2.24, 2.45) is 0 Å². The van der Waals surface area contributed by atoms with Gasteiger partial charge in [0.25, 0.3) is 0 Å². The van der Waals surface area contributed by atoms with Crippen LogP contribution in [0.25, 0.3) is 0 Å². The van der Waals surface area contributed by atoms with Gasteiger partial charge in [0, 0.05) is 0 Å². The Labute approximate surface area is 50.1 Å². The third-order valence-electron chi connectivity index (χ3n) is 1.36. The number of carboxylic acid groups (broad SMARTS) is 1. The summed E-state index contributed by atoms with van der Waals surface area (Å²) in [4.78, 5) is 10.2. The standard InChI is InChI=1S/C5H9O2P/c6-5(7)4-2-1-3-8-4/h4,8H,1-3H2,(H,6,7)/t4-/m0/s1. The molecule has 1 aliphatic heterocycles. The fourth-order valence-corrected chi connectivity index (χ4v) is 2.23. The maximum Gasteiger partial charge on any atom is 0.310 e. The van der Waals surface area contributed by atoms with Crippen molar-refractivity contribution < 1.29 is 9.90 Å². The summed E-state index contributed by atoms with van der Waals surface area (Å²) in [5.41, 5.74) is 0.00926. The molecule has 0 radical (unpaired) electrons. The minimum atomic E-state index is -0.596. The van der Waals surface area contributed by atoms with Crippen LogP contribution in [0.3, 0.4) is 0 Å². The summed E-state index contributed by atoms with van der Waals surface area (Å²) >= 11 is 0. The highest BCUT2D eigenvalue weighted by atomic mass is 31.1. The van der Waals surface area contributed by atoms with E-state index < -0.39 is 5.97 Å². The van der Waals surface area contributed by atoms with Gasteiger partial charge in [0.1, 0.15) is 0 Å². The van der Waals surface area contributed by atoms with Gasteiger partial charge < -0.3 is 5.11 Å². The van der Waals surface area contributed by atoms with Crippen molar-refractivity contribution in [2.75, 3.05) is 6.16 Å². The zero-order valence-electron chi connectivity index (χ0n) is 4.55. The summed E-state index contributed by atoms with van der Waals surface area (Å²) in [7, 11) is 0.681. The first-order valence-corrected chi connectivity index (χ1v) is 4.05. The summed E-state index contributed by atoms with van der Waals surface area (Å²) in [6, 6.07) is 0. The molecular formula is C5H9O2P. The van der Waals surface area contributed by atoms with Gasteiger partial charge in [-0.3, -0.25) is 4.79 Å². The van der Waals surface area contributed by atoms with Crippen molar-refractivity contribution >= 4 is 14.6 Å². The molecule has 0 aromatic heterocycles. The molecule has 1 heterocycles. The number of carboxylic acids is 1. The molecule has 0 bridgehead atoms. The molecule has 1 unspecified atom stereocenters. The monoisotopic (exact) mass is 132 g/mol. The van der Waals surface area contributed by atoms with E-state index in [1.165, 1.54) is 0 Å². The van der Waals surface area contributed by atoms with E-state index in [1.807, 2.05) is 0 Å². The van der Waals surface area contributed by atoms with Gasteiger partial charge in [-0.05, 0) is 19.0 Å². The fraction of sp³-hybridized carbons (Fsp3) is 0.800. The van der Waals surface area contributed by atoms with Gasteiger partial charge in [0.05, 0.1) is 5.66 Å². The largest absolute Gasteiger partial charge is 0.481 e. The summed E-state index contributed by atoms with van der Waals surface area (Å²) in [5.74, 6) is -0.596. The Hall–Kier alpha value is -0.100. The fourth-order valence-electron chi connectivity index (χ4n) is 0.895. The number of hydrogen-bond acceptors (Lipinski definition) is 1. The highest BCUT2D eigenvalue weighted by molar-refractivity contribution is 7.40. The zero-order chi connectivity index (χ0) is 5.98. The Kier molecular flexibility index (Phi) is 1.85. The van der Waals surface area contributed by atoms with Crippen LogP contribution in [-0.2, 0) is 4.79 Å². The number of hydrogen-bond donors (Lipinski definition) is 1. The molecule has 3 heteroatoms. The summed E-state index contributed by atoms with van der Waals surface area (Å²) < 4.78 is 0. The summed E-state index contributed by atoms with van der Waals surface area (Å²) in [6.45, 7) is 0. The van der Waals surface area contributed by atoms with Crippen LogP contribution < -0.4 is 0 Å². The lowest BCUT2D eigenvalue weighted by molar-refractivity contribution is -0.136. The van der Waals surface area contributed by atoms with E-state index in [9.17, 15) is 4.79 Å². The van der Waals surface area contributed by atoms with Crippen molar-refractivity contribution in [2.45, 2.75) is 18.5 Å². The predicted molar refractivity (Wildman–Crippen MR) is 33.8 cm³/mol. The Morgan fingerprint density at radius 1 is 1.75 bits per heavy atom. The second kappa shape index (κ2) is 2.45.